The molecule has 1 fully saturated rings. The van der Waals surface area contributed by atoms with Gasteiger partial charge in [0.1, 0.15) is 5.75 Å². The third-order valence-electron chi connectivity index (χ3n) is 4.94. The van der Waals surface area contributed by atoms with Crippen LogP contribution in [-0.2, 0) is 14.8 Å². The van der Waals surface area contributed by atoms with E-state index in [1.165, 1.54) is 0 Å². The van der Waals surface area contributed by atoms with Crippen LogP contribution in [-0.4, -0.2) is 65.1 Å². The van der Waals surface area contributed by atoms with Gasteiger partial charge in [0.15, 0.2) is 5.82 Å². The van der Waals surface area contributed by atoms with Crippen LogP contribution >= 0.6 is 0 Å². The lowest BCUT2D eigenvalue weighted by Gasteiger charge is -2.28. The molecular weight excluding hydrogens is 394 g/mol. The number of hydrogen-bond acceptors (Lipinski definition) is 8. The van der Waals surface area contributed by atoms with E-state index in [1.54, 1.807) is 32.4 Å². The molecule has 29 heavy (non-hydrogen) atoms. The van der Waals surface area contributed by atoms with Gasteiger partial charge >= 0.3 is 0 Å². The number of aromatic nitrogens is 2. The monoisotopic (exact) mass is 421 g/mol. The van der Waals surface area contributed by atoms with E-state index in [2.05, 4.69) is 25.1 Å². The summed E-state index contributed by atoms with van der Waals surface area (Å²) in [6.07, 6.45) is 1.72. The number of ether oxygens (including phenoxy) is 2. The van der Waals surface area contributed by atoms with Crippen LogP contribution in [0.2, 0.25) is 0 Å². The minimum Gasteiger partial charge on any atom is -0.496 e. The van der Waals surface area contributed by atoms with Gasteiger partial charge in [-0.05, 0) is 37.1 Å². The molecule has 1 aliphatic rings. The third-order valence-corrected chi connectivity index (χ3v) is 6.54. The van der Waals surface area contributed by atoms with Crippen molar-refractivity contribution in [3.05, 3.63) is 35.5 Å². The molecule has 0 amide bonds. The molecular formula is C19H27N5O4S. The van der Waals surface area contributed by atoms with Crippen LogP contribution in [0.15, 0.2) is 29.3 Å². The number of anilines is 2. The van der Waals surface area contributed by atoms with Crippen molar-refractivity contribution in [2.45, 2.75) is 18.7 Å². The van der Waals surface area contributed by atoms with Crippen LogP contribution in [0.5, 0.6) is 5.75 Å². The fourth-order valence-electron chi connectivity index (χ4n) is 3.17. The number of benzene rings is 1. The van der Waals surface area contributed by atoms with Gasteiger partial charge in [0, 0.05) is 32.2 Å². The van der Waals surface area contributed by atoms with Gasteiger partial charge < -0.3 is 19.7 Å². The lowest BCUT2D eigenvalue weighted by atomic mass is 10.1. The Morgan fingerprint density at radius 1 is 1.17 bits per heavy atom. The number of methoxy groups -OCH3 is 1. The highest BCUT2D eigenvalue weighted by Gasteiger charge is 2.19. The predicted molar refractivity (Wildman–Crippen MR) is 111 cm³/mol. The molecule has 0 bridgehead atoms. The topological polar surface area (TPSA) is 106 Å². The van der Waals surface area contributed by atoms with Gasteiger partial charge in [0.25, 0.3) is 0 Å². The summed E-state index contributed by atoms with van der Waals surface area (Å²) in [4.78, 5) is 2.44. The summed E-state index contributed by atoms with van der Waals surface area (Å²) in [5.74, 6) is 1.27. The van der Waals surface area contributed by atoms with E-state index in [0.29, 0.717) is 36.9 Å². The number of sulfonamides is 1. The fraction of sp³-hybridized carbons (Fsp3) is 0.474. The van der Waals surface area contributed by atoms with Crippen molar-refractivity contribution in [1.29, 1.82) is 0 Å². The van der Waals surface area contributed by atoms with Gasteiger partial charge in [0.05, 0.1) is 37.1 Å². The first-order valence-corrected chi connectivity index (χ1v) is 10.9. The standard InChI is InChI=1S/C19H27N5O4S/c1-14-15(2)18(5-4-17(14)27-3)29(25,26)22-7-6-20-19-12-16(13-21-23-19)24-8-10-28-11-9-24/h4-5,12-13,22H,6-11H2,1-3H3,(H,20,23). The van der Waals surface area contributed by atoms with Crippen LogP contribution in [0.4, 0.5) is 11.5 Å². The van der Waals surface area contributed by atoms with Crippen molar-refractivity contribution < 1.29 is 17.9 Å². The maximum absolute atomic E-state index is 12.7. The summed E-state index contributed by atoms with van der Waals surface area (Å²) < 4.78 is 38.5. The zero-order chi connectivity index (χ0) is 20.9. The Hall–Kier alpha value is -2.43. The van der Waals surface area contributed by atoms with E-state index in [-0.39, 0.29) is 11.4 Å². The van der Waals surface area contributed by atoms with E-state index in [1.807, 2.05) is 13.0 Å². The summed E-state index contributed by atoms with van der Waals surface area (Å²) in [6.45, 7) is 7.22. The number of rotatable bonds is 8. The normalized spacial score (nSPS) is 14.7. The predicted octanol–water partition coefficient (Wildman–Crippen LogP) is 1.33. The van der Waals surface area contributed by atoms with E-state index >= 15 is 0 Å². The summed E-state index contributed by atoms with van der Waals surface area (Å²) in [6, 6.07) is 5.14. The van der Waals surface area contributed by atoms with Gasteiger partial charge in [-0.1, -0.05) is 0 Å². The molecule has 1 aromatic carbocycles. The van der Waals surface area contributed by atoms with Crippen molar-refractivity contribution in [1.82, 2.24) is 14.9 Å². The van der Waals surface area contributed by atoms with Crippen molar-refractivity contribution in [2.75, 3.05) is 56.7 Å². The zero-order valence-electron chi connectivity index (χ0n) is 16.9. The maximum atomic E-state index is 12.7. The van der Waals surface area contributed by atoms with E-state index in [9.17, 15) is 8.42 Å². The Kier molecular flexibility index (Phi) is 6.88. The molecule has 0 unspecified atom stereocenters. The molecule has 10 heteroatoms. The maximum Gasteiger partial charge on any atom is 0.240 e. The van der Waals surface area contributed by atoms with Crippen molar-refractivity contribution in [2.24, 2.45) is 0 Å². The molecule has 0 radical (unpaired) electrons. The van der Waals surface area contributed by atoms with E-state index in [0.717, 1.165) is 24.3 Å². The molecule has 158 valence electrons. The Balaban J connectivity index is 1.57. The zero-order valence-corrected chi connectivity index (χ0v) is 17.8. The quantitative estimate of drug-likeness (QED) is 0.615. The minimum atomic E-state index is -3.62. The highest BCUT2D eigenvalue weighted by atomic mass is 32.2. The highest BCUT2D eigenvalue weighted by Crippen LogP contribution is 2.26. The first-order chi connectivity index (χ1) is 13.9. The van der Waals surface area contributed by atoms with Crippen molar-refractivity contribution >= 4 is 21.5 Å². The Morgan fingerprint density at radius 2 is 1.93 bits per heavy atom. The lowest BCUT2D eigenvalue weighted by molar-refractivity contribution is 0.122. The SMILES string of the molecule is COc1ccc(S(=O)(=O)NCCNc2cc(N3CCOCC3)cnn2)c(C)c1C. The molecule has 1 aliphatic heterocycles. The highest BCUT2D eigenvalue weighted by molar-refractivity contribution is 7.89. The van der Waals surface area contributed by atoms with Gasteiger partial charge in [0.2, 0.25) is 10.0 Å². The average Bonchev–Trinajstić information content (AvgIpc) is 2.74. The largest absolute Gasteiger partial charge is 0.496 e. The van der Waals surface area contributed by atoms with Crippen LogP contribution in [0.3, 0.4) is 0 Å². The average molecular weight is 422 g/mol. The van der Waals surface area contributed by atoms with Crippen LogP contribution in [0.25, 0.3) is 0 Å². The molecule has 1 aromatic heterocycles. The summed E-state index contributed by atoms with van der Waals surface area (Å²) in [7, 11) is -2.06. The first-order valence-electron chi connectivity index (χ1n) is 9.45. The number of hydrogen-bond donors (Lipinski definition) is 2. The molecule has 2 heterocycles. The van der Waals surface area contributed by atoms with Crippen LogP contribution < -0.4 is 19.7 Å². The Morgan fingerprint density at radius 3 is 2.66 bits per heavy atom. The van der Waals surface area contributed by atoms with Crippen molar-refractivity contribution in [3.8, 4) is 5.75 Å². The number of nitrogens with one attached hydrogen (secondary N) is 2. The summed E-state index contributed by atoms with van der Waals surface area (Å²) in [5.41, 5.74) is 2.45. The molecule has 0 aliphatic carbocycles. The van der Waals surface area contributed by atoms with Gasteiger partial charge in [-0.3, -0.25) is 0 Å². The second-order valence-corrected chi connectivity index (χ2v) is 8.47. The van der Waals surface area contributed by atoms with Gasteiger partial charge in [-0.25, -0.2) is 13.1 Å². The second kappa shape index (κ2) is 9.38. The first kappa shape index (κ1) is 21.3. The molecule has 2 aromatic rings. The molecule has 1 saturated heterocycles. The van der Waals surface area contributed by atoms with Crippen LogP contribution in [0.1, 0.15) is 11.1 Å². The molecule has 0 atom stereocenters. The number of morpholine rings is 1. The second-order valence-electron chi connectivity index (χ2n) is 6.74. The van der Waals surface area contributed by atoms with E-state index < -0.39 is 10.0 Å². The van der Waals surface area contributed by atoms with Crippen LogP contribution in [0, 0.1) is 13.8 Å². The molecule has 0 spiro atoms. The summed E-state index contributed by atoms with van der Waals surface area (Å²) in [5, 5.41) is 11.2. The minimum absolute atomic E-state index is 0.219. The van der Waals surface area contributed by atoms with Crippen molar-refractivity contribution in [3.63, 3.8) is 0 Å². The molecule has 2 N–H and O–H groups in total. The smallest absolute Gasteiger partial charge is 0.240 e. The summed E-state index contributed by atoms with van der Waals surface area (Å²) >= 11 is 0. The lowest BCUT2D eigenvalue weighted by Crippen LogP contribution is -2.36. The molecule has 3 rings (SSSR count). The molecule has 0 saturated carbocycles. The Labute approximate surface area is 171 Å². The van der Waals surface area contributed by atoms with Gasteiger partial charge in [-0.2, -0.15) is 5.10 Å². The van der Waals surface area contributed by atoms with E-state index in [4.69, 9.17) is 9.47 Å². The fourth-order valence-corrected chi connectivity index (χ4v) is 4.50. The molecule has 9 nitrogen and oxygen atoms in total. The van der Waals surface area contributed by atoms with Gasteiger partial charge in [-0.15, -0.1) is 5.10 Å². The third kappa shape index (κ3) is 5.14. The number of nitrogens with zero attached hydrogens (tertiary/aromatic N) is 3. The Bertz CT molecular complexity index is 946.